The highest BCUT2D eigenvalue weighted by molar-refractivity contribution is 14.1. The molecule has 0 aliphatic carbocycles. The van der Waals surface area contributed by atoms with Crippen LogP contribution in [-0.2, 0) is 0 Å². The van der Waals surface area contributed by atoms with Gasteiger partial charge in [-0.25, -0.2) is 5.43 Å². The molecule has 148 valence electrons. The summed E-state index contributed by atoms with van der Waals surface area (Å²) in [4.78, 5) is 12.3. The second kappa shape index (κ2) is 9.98. The van der Waals surface area contributed by atoms with Gasteiger partial charge in [-0.15, -0.1) is 6.42 Å². The van der Waals surface area contributed by atoms with Gasteiger partial charge in [-0.3, -0.25) is 4.79 Å². The number of carbonyl (C=O) groups excluding carboxylic acids is 1. The first-order chi connectivity index (χ1) is 14.0. The summed E-state index contributed by atoms with van der Waals surface area (Å²) in [5, 5.41) is 4.81. The lowest BCUT2D eigenvalue weighted by atomic mass is 10.2. The molecule has 0 fully saturated rings. The highest BCUT2D eigenvalue weighted by Gasteiger charge is 2.12. The average molecular weight is 614 g/mol. The first-order valence-electron chi connectivity index (χ1n) is 8.57. The number of ether oxygens (including phenoxy) is 2. The predicted octanol–water partition coefficient (Wildman–Crippen LogP) is 4.82. The number of hydrogen-bond acceptors (Lipinski definition) is 5. The van der Waals surface area contributed by atoms with Gasteiger partial charge in [0.25, 0.3) is 0 Å². The van der Waals surface area contributed by atoms with Crippen molar-refractivity contribution in [2.75, 3.05) is 13.2 Å². The van der Waals surface area contributed by atoms with Crippen molar-refractivity contribution in [3.05, 3.63) is 54.9 Å². The van der Waals surface area contributed by atoms with Crippen LogP contribution < -0.4 is 14.9 Å². The van der Waals surface area contributed by atoms with Gasteiger partial charge in [-0.1, -0.05) is 5.92 Å². The normalized spacial score (nSPS) is 10.8. The number of halogens is 2. The van der Waals surface area contributed by atoms with E-state index in [-0.39, 0.29) is 12.4 Å². The average Bonchev–Trinajstić information content (AvgIpc) is 3.11. The zero-order chi connectivity index (χ0) is 20.8. The number of amides is 1. The van der Waals surface area contributed by atoms with Crippen molar-refractivity contribution in [2.45, 2.75) is 6.92 Å². The standard InChI is InChI=1S/C21H16I2N2O4/c1-3-7-28-20-16(22)8-13(9-17(20)23)12-24-25-21(26)19-11-14-10-15(27-4-2)5-6-18(14)29-19/h1,5-6,8-12H,4,7H2,2H3,(H,25,26)/b24-12+. The highest BCUT2D eigenvalue weighted by atomic mass is 127. The summed E-state index contributed by atoms with van der Waals surface area (Å²) in [5.41, 5.74) is 3.90. The van der Waals surface area contributed by atoms with Crippen LogP contribution in [0.25, 0.3) is 11.0 Å². The van der Waals surface area contributed by atoms with Crippen molar-refractivity contribution >= 4 is 68.3 Å². The van der Waals surface area contributed by atoms with Crippen LogP contribution in [0.15, 0.2) is 45.9 Å². The molecule has 1 aromatic heterocycles. The molecule has 3 rings (SSSR count). The summed E-state index contributed by atoms with van der Waals surface area (Å²) in [6, 6.07) is 10.8. The van der Waals surface area contributed by atoms with Crippen LogP contribution in [-0.4, -0.2) is 25.3 Å². The van der Waals surface area contributed by atoms with E-state index in [0.29, 0.717) is 12.2 Å². The number of furan rings is 1. The molecular weight excluding hydrogens is 598 g/mol. The molecule has 0 unspecified atom stereocenters. The van der Waals surface area contributed by atoms with Crippen molar-refractivity contribution in [1.82, 2.24) is 5.43 Å². The third-order valence-electron chi connectivity index (χ3n) is 3.72. The van der Waals surface area contributed by atoms with Gasteiger partial charge in [-0.05, 0) is 94.1 Å². The minimum Gasteiger partial charge on any atom is -0.494 e. The summed E-state index contributed by atoms with van der Waals surface area (Å²) >= 11 is 4.34. The van der Waals surface area contributed by atoms with Crippen LogP contribution in [0.3, 0.4) is 0 Å². The van der Waals surface area contributed by atoms with E-state index in [2.05, 4.69) is 61.6 Å². The third-order valence-corrected chi connectivity index (χ3v) is 5.33. The summed E-state index contributed by atoms with van der Waals surface area (Å²) in [6.07, 6.45) is 6.80. The fourth-order valence-corrected chi connectivity index (χ4v) is 4.64. The van der Waals surface area contributed by atoms with Gasteiger partial charge in [0, 0.05) is 5.39 Å². The highest BCUT2D eigenvalue weighted by Crippen LogP contribution is 2.28. The monoisotopic (exact) mass is 614 g/mol. The Kier molecular flexibility index (Phi) is 7.38. The van der Waals surface area contributed by atoms with Gasteiger partial charge >= 0.3 is 5.91 Å². The lowest BCUT2D eigenvalue weighted by Crippen LogP contribution is -2.16. The van der Waals surface area contributed by atoms with Crippen molar-refractivity contribution in [3.8, 4) is 23.8 Å². The van der Waals surface area contributed by atoms with Crippen LogP contribution >= 0.6 is 45.2 Å². The van der Waals surface area contributed by atoms with Gasteiger partial charge in [0.1, 0.15) is 23.7 Å². The molecule has 0 bridgehead atoms. The van der Waals surface area contributed by atoms with Gasteiger partial charge in [0.2, 0.25) is 0 Å². The molecule has 6 nitrogen and oxygen atoms in total. The van der Waals surface area contributed by atoms with E-state index in [0.717, 1.165) is 29.6 Å². The Morgan fingerprint density at radius 3 is 2.69 bits per heavy atom. The van der Waals surface area contributed by atoms with E-state index in [1.165, 1.54) is 0 Å². The van der Waals surface area contributed by atoms with E-state index >= 15 is 0 Å². The third kappa shape index (κ3) is 5.42. The number of carbonyl (C=O) groups is 1. The Morgan fingerprint density at radius 1 is 1.24 bits per heavy atom. The molecular formula is C21H16I2N2O4. The number of hydrogen-bond donors (Lipinski definition) is 1. The van der Waals surface area contributed by atoms with E-state index in [1.807, 2.05) is 25.1 Å². The summed E-state index contributed by atoms with van der Waals surface area (Å²) in [7, 11) is 0. The maximum absolute atomic E-state index is 12.3. The maximum Gasteiger partial charge on any atom is 0.307 e. The number of nitrogens with zero attached hydrogens (tertiary/aromatic N) is 1. The lowest BCUT2D eigenvalue weighted by molar-refractivity contribution is 0.0929. The minimum absolute atomic E-state index is 0.174. The molecule has 1 heterocycles. The molecule has 2 aromatic carbocycles. The van der Waals surface area contributed by atoms with Gasteiger partial charge in [0.15, 0.2) is 5.76 Å². The maximum atomic E-state index is 12.3. The molecule has 0 aliphatic heterocycles. The smallest absolute Gasteiger partial charge is 0.307 e. The molecule has 0 saturated heterocycles. The lowest BCUT2D eigenvalue weighted by Gasteiger charge is -2.08. The Morgan fingerprint density at radius 2 is 2.00 bits per heavy atom. The van der Waals surface area contributed by atoms with Crippen LogP contribution in [0.1, 0.15) is 23.0 Å². The van der Waals surface area contributed by atoms with E-state index < -0.39 is 5.91 Å². The number of hydrazone groups is 1. The molecule has 0 aliphatic rings. The summed E-state index contributed by atoms with van der Waals surface area (Å²) < 4.78 is 18.4. The van der Waals surface area contributed by atoms with Crippen LogP contribution in [0.2, 0.25) is 0 Å². The molecule has 1 amide bonds. The molecule has 3 aromatic rings. The molecule has 1 N–H and O–H groups in total. The summed E-state index contributed by atoms with van der Waals surface area (Å²) in [5.74, 6) is 3.65. The fraction of sp³-hybridized carbons (Fsp3) is 0.143. The van der Waals surface area contributed by atoms with Crippen LogP contribution in [0, 0.1) is 19.5 Å². The van der Waals surface area contributed by atoms with E-state index in [1.54, 1.807) is 24.4 Å². The van der Waals surface area contributed by atoms with E-state index in [9.17, 15) is 4.79 Å². The molecule has 29 heavy (non-hydrogen) atoms. The number of fused-ring (bicyclic) bond motifs is 1. The number of benzene rings is 2. The zero-order valence-corrected chi connectivity index (χ0v) is 19.7. The van der Waals surface area contributed by atoms with Crippen molar-refractivity contribution in [1.29, 1.82) is 0 Å². The van der Waals surface area contributed by atoms with Gasteiger partial charge in [0.05, 0.1) is 20.0 Å². The summed E-state index contributed by atoms with van der Waals surface area (Å²) in [6.45, 7) is 2.69. The Hall–Kier alpha value is -2.26. The number of nitrogens with one attached hydrogen (secondary N) is 1. The van der Waals surface area contributed by atoms with Crippen molar-refractivity contribution < 1.29 is 18.7 Å². The largest absolute Gasteiger partial charge is 0.494 e. The molecule has 0 radical (unpaired) electrons. The van der Waals surface area contributed by atoms with Gasteiger partial charge in [-0.2, -0.15) is 5.10 Å². The Labute approximate surface area is 195 Å². The second-order valence-corrected chi connectivity index (χ2v) is 8.07. The SMILES string of the molecule is C#CCOc1c(I)cc(/C=N/NC(=O)c2cc3cc(OCC)ccc3o2)cc1I. The first kappa shape index (κ1) is 21.4. The molecule has 0 saturated carbocycles. The minimum atomic E-state index is -0.436. The van der Waals surface area contributed by atoms with E-state index in [4.69, 9.17) is 20.3 Å². The van der Waals surface area contributed by atoms with Crippen molar-refractivity contribution in [2.24, 2.45) is 5.10 Å². The van der Waals surface area contributed by atoms with Crippen LogP contribution in [0.5, 0.6) is 11.5 Å². The predicted molar refractivity (Wildman–Crippen MR) is 129 cm³/mol. The quantitative estimate of drug-likeness (QED) is 0.180. The first-order valence-corrected chi connectivity index (χ1v) is 10.7. The number of terminal acetylenes is 1. The molecule has 0 spiro atoms. The molecule has 0 atom stereocenters. The number of rotatable bonds is 7. The molecule has 8 heteroatoms. The second-order valence-electron chi connectivity index (χ2n) is 5.75. The van der Waals surface area contributed by atoms with Crippen molar-refractivity contribution in [3.63, 3.8) is 0 Å². The van der Waals surface area contributed by atoms with Gasteiger partial charge < -0.3 is 13.9 Å². The zero-order valence-electron chi connectivity index (χ0n) is 15.4. The van der Waals surface area contributed by atoms with Crippen LogP contribution in [0.4, 0.5) is 0 Å². The Balaban J connectivity index is 1.69. The topological polar surface area (TPSA) is 73.1 Å². The fourth-order valence-electron chi connectivity index (χ4n) is 2.52. The Bertz CT molecular complexity index is 1090.